The van der Waals surface area contributed by atoms with Crippen molar-refractivity contribution < 1.29 is 19.5 Å². The van der Waals surface area contributed by atoms with Gasteiger partial charge in [0.1, 0.15) is 18.1 Å². The number of carbonyl (C=O) groups is 1. The molecule has 0 radical (unpaired) electrons. The van der Waals surface area contributed by atoms with E-state index in [1.807, 2.05) is 6.92 Å². The predicted octanol–water partition coefficient (Wildman–Crippen LogP) is 6.95. The molecule has 0 unspecified atom stereocenters. The van der Waals surface area contributed by atoms with E-state index in [-0.39, 0.29) is 16.4 Å². The maximum atomic E-state index is 11.4. The van der Waals surface area contributed by atoms with Crippen LogP contribution < -0.4 is 4.74 Å². The van der Waals surface area contributed by atoms with E-state index in [4.69, 9.17) is 9.57 Å². The van der Waals surface area contributed by atoms with Crippen molar-refractivity contribution in [1.82, 2.24) is 0 Å². The number of hydrogen-bond acceptors (Lipinski definition) is 4. The topological polar surface area (TPSA) is 68.1 Å². The first kappa shape index (κ1) is 25.8. The number of nitrogens with zero attached hydrogens (tertiary/aromatic N) is 1. The molecule has 1 aliphatic carbocycles. The second-order valence-corrected chi connectivity index (χ2v) is 10.9. The number of benzene rings is 2. The van der Waals surface area contributed by atoms with Gasteiger partial charge in [0.25, 0.3) is 0 Å². The maximum Gasteiger partial charge on any atom is 0.335 e. The van der Waals surface area contributed by atoms with Crippen LogP contribution in [0.3, 0.4) is 0 Å². The molecule has 0 spiro atoms. The minimum atomic E-state index is -0.953. The third-order valence-corrected chi connectivity index (χ3v) is 6.86. The fourth-order valence-corrected chi connectivity index (χ4v) is 4.48. The van der Waals surface area contributed by atoms with Gasteiger partial charge in [-0.15, -0.1) is 0 Å². The molecule has 0 heterocycles. The Hall–Kier alpha value is -2.82. The summed E-state index contributed by atoms with van der Waals surface area (Å²) in [5.74, 6) is 0.339. The number of oxime groups is 1. The smallest absolute Gasteiger partial charge is 0.335 e. The van der Waals surface area contributed by atoms with Crippen LogP contribution in [0.1, 0.15) is 100 Å². The molecule has 2 aromatic carbocycles. The van der Waals surface area contributed by atoms with Crippen molar-refractivity contribution in [3.05, 3.63) is 64.2 Å². The highest BCUT2D eigenvalue weighted by Gasteiger charge is 2.38. The van der Waals surface area contributed by atoms with E-state index in [0.29, 0.717) is 24.8 Å². The Bertz CT molecular complexity index is 1050. The molecule has 0 atom stereocenters. The summed E-state index contributed by atoms with van der Waals surface area (Å²) in [5, 5.41) is 13.9. The summed E-state index contributed by atoms with van der Waals surface area (Å²) in [4.78, 5) is 17.2. The third-order valence-electron chi connectivity index (χ3n) is 6.86. The van der Waals surface area contributed by atoms with E-state index in [2.05, 4.69) is 58.8 Å². The Kier molecular flexibility index (Phi) is 7.74. The van der Waals surface area contributed by atoms with Gasteiger partial charge in [-0.1, -0.05) is 58.8 Å². The van der Waals surface area contributed by atoms with Crippen molar-refractivity contribution in [1.29, 1.82) is 0 Å². The van der Waals surface area contributed by atoms with Crippen LogP contribution in [0.4, 0.5) is 0 Å². The van der Waals surface area contributed by atoms with Crippen molar-refractivity contribution in [2.24, 2.45) is 11.1 Å². The van der Waals surface area contributed by atoms with Gasteiger partial charge in [0.05, 0.1) is 12.2 Å². The zero-order valence-corrected chi connectivity index (χ0v) is 21.7. The molecule has 5 nitrogen and oxygen atoms in total. The highest BCUT2D eigenvalue weighted by atomic mass is 16.6. The molecule has 0 saturated carbocycles. The largest absolute Gasteiger partial charge is 0.493 e. The van der Waals surface area contributed by atoms with Crippen molar-refractivity contribution in [2.75, 3.05) is 13.2 Å². The molecule has 0 amide bonds. The number of rotatable bonds is 9. The highest BCUT2D eigenvalue weighted by Crippen LogP contribution is 2.48. The number of carboxylic acid groups (broad SMARTS) is 1. The van der Waals surface area contributed by atoms with E-state index < -0.39 is 5.97 Å². The summed E-state index contributed by atoms with van der Waals surface area (Å²) in [6.45, 7) is 16.5. The molecule has 0 saturated heterocycles. The van der Waals surface area contributed by atoms with E-state index in [1.165, 1.54) is 11.1 Å². The van der Waals surface area contributed by atoms with E-state index in [0.717, 1.165) is 36.1 Å². The van der Waals surface area contributed by atoms with Crippen LogP contribution in [0.15, 0.2) is 41.6 Å². The number of ether oxygens (including phenoxy) is 1. The predicted molar refractivity (Wildman–Crippen MR) is 137 cm³/mol. The van der Waals surface area contributed by atoms with E-state index in [9.17, 15) is 9.90 Å². The molecule has 5 heteroatoms. The minimum absolute atomic E-state index is 0.0289. The van der Waals surface area contributed by atoms with E-state index in [1.54, 1.807) is 24.3 Å². The quantitative estimate of drug-likeness (QED) is 0.247. The third kappa shape index (κ3) is 5.63. The number of hydrogen-bond donors (Lipinski definition) is 1. The summed E-state index contributed by atoms with van der Waals surface area (Å²) in [5.41, 5.74) is 5.28. The minimum Gasteiger partial charge on any atom is -0.493 e. The lowest BCUT2D eigenvalue weighted by Crippen LogP contribution is -2.34. The maximum absolute atomic E-state index is 11.4. The van der Waals surface area contributed by atoms with Crippen LogP contribution in [-0.2, 0) is 15.7 Å². The average Bonchev–Trinajstić information content (AvgIpc) is 2.77. The zero-order chi connectivity index (χ0) is 25.1. The molecule has 0 bridgehead atoms. The molecule has 0 aromatic heterocycles. The number of fused-ring (bicyclic) bond motifs is 1. The van der Waals surface area contributed by atoms with Gasteiger partial charge in [-0.05, 0) is 78.3 Å². The molecule has 184 valence electrons. The molecule has 3 rings (SSSR count). The first-order chi connectivity index (χ1) is 16.0. The normalized spacial score (nSPS) is 16.8. The number of aromatic carboxylic acids is 1. The highest BCUT2D eigenvalue weighted by molar-refractivity contribution is 6.14. The van der Waals surface area contributed by atoms with Gasteiger partial charge < -0.3 is 14.7 Å². The molecular formula is C29H39NO4. The molecule has 1 N–H and O–H groups in total. The molecular weight excluding hydrogens is 426 g/mol. The van der Waals surface area contributed by atoms with Crippen LogP contribution in [0, 0.1) is 5.92 Å². The molecule has 2 aromatic rings. The summed E-state index contributed by atoms with van der Waals surface area (Å²) in [6.07, 6.45) is 3.12. The van der Waals surface area contributed by atoms with Crippen LogP contribution >= 0.6 is 0 Å². The van der Waals surface area contributed by atoms with Gasteiger partial charge in [0.15, 0.2) is 0 Å². The van der Waals surface area contributed by atoms with Gasteiger partial charge in [-0.3, -0.25) is 0 Å². The monoisotopic (exact) mass is 465 g/mol. The van der Waals surface area contributed by atoms with Crippen molar-refractivity contribution in [2.45, 2.75) is 78.6 Å². The van der Waals surface area contributed by atoms with Crippen LogP contribution in [0.2, 0.25) is 0 Å². The zero-order valence-electron chi connectivity index (χ0n) is 21.7. The van der Waals surface area contributed by atoms with Gasteiger partial charge in [-0.25, -0.2) is 4.79 Å². The van der Waals surface area contributed by atoms with Crippen LogP contribution in [0.25, 0.3) is 0 Å². The Balaban J connectivity index is 2.19. The van der Waals surface area contributed by atoms with Gasteiger partial charge in [-0.2, -0.15) is 0 Å². The SMILES string of the molecule is CCOc1cc2c(cc1/C(=N/OCCC(C)C)c1ccc(C(=O)O)cc1)C(C)(C)CCC2(C)C. The summed E-state index contributed by atoms with van der Waals surface area (Å²) >= 11 is 0. The molecule has 1 aliphatic rings. The Labute approximate surface area is 204 Å². The summed E-state index contributed by atoms with van der Waals surface area (Å²) < 4.78 is 6.14. The molecule has 0 fully saturated rings. The lowest BCUT2D eigenvalue weighted by atomic mass is 9.62. The lowest BCUT2D eigenvalue weighted by Gasteiger charge is -2.42. The summed E-state index contributed by atoms with van der Waals surface area (Å²) in [6, 6.07) is 11.2. The van der Waals surface area contributed by atoms with Crippen LogP contribution in [0.5, 0.6) is 5.75 Å². The first-order valence-corrected chi connectivity index (χ1v) is 12.3. The Morgan fingerprint density at radius 2 is 1.56 bits per heavy atom. The van der Waals surface area contributed by atoms with Gasteiger partial charge in [0, 0.05) is 11.1 Å². The van der Waals surface area contributed by atoms with Crippen molar-refractivity contribution >= 4 is 11.7 Å². The fraction of sp³-hybridized carbons (Fsp3) is 0.517. The molecule has 34 heavy (non-hydrogen) atoms. The van der Waals surface area contributed by atoms with E-state index >= 15 is 0 Å². The van der Waals surface area contributed by atoms with Crippen molar-refractivity contribution in [3.63, 3.8) is 0 Å². The second-order valence-electron chi connectivity index (χ2n) is 10.9. The van der Waals surface area contributed by atoms with Gasteiger partial charge >= 0.3 is 5.97 Å². The Morgan fingerprint density at radius 3 is 2.09 bits per heavy atom. The lowest BCUT2D eigenvalue weighted by molar-refractivity contribution is 0.0697. The second kappa shape index (κ2) is 10.2. The standard InChI is InChI=1S/C29H39NO4/c1-8-33-25-18-24-23(28(4,5)14-15-29(24,6)7)17-22(25)26(30-34-16-13-19(2)3)20-9-11-21(12-10-20)27(31)32/h9-12,17-19H,8,13-16H2,1-7H3,(H,31,32)/b30-26+. The fourth-order valence-electron chi connectivity index (χ4n) is 4.48. The Morgan fingerprint density at radius 1 is 1.00 bits per heavy atom. The average molecular weight is 466 g/mol. The first-order valence-electron chi connectivity index (χ1n) is 12.3. The number of carboxylic acids is 1. The van der Waals surface area contributed by atoms with Crippen molar-refractivity contribution in [3.8, 4) is 5.75 Å². The van der Waals surface area contributed by atoms with Gasteiger partial charge in [0.2, 0.25) is 0 Å². The molecule has 0 aliphatic heterocycles. The van der Waals surface area contributed by atoms with Crippen LogP contribution in [-0.4, -0.2) is 30.0 Å². The summed E-state index contributed by atoms with van der Waals surface area (Å²) in [7, 11) is 0.